The van der Waals surface area contributed by atoms with Crippen LogP contribution in [0, 0.1) is 0 Å². The van der Waals surface area contributed by atoms with Gasteiger partial charge in [-0.3, -0.25) is 0 Å². The van der Waals surface area contributed by atoms with Crippen LogP contribution in [0.25, 0.3) is 12.2 Å². The van der Waals surface area contributed by atoms with Gasteiger partial charge in [0.05, 0.1) is 26.2 Å². The summed E-state index contributed by atoms with van der Waals surface area (Å²) >= 11 is 0. The van der Waals surface area contributed by atoms with Crippen molar-refractivity contribution in [1.29, 1.82) is 0 Å². The molecule has 30 heavy (non-hydrogen) atoms. The van der Waals surface area contributed by atoms with E-state index < -0.39 is 0 Å². The van der Waals surface area contributed by atoms with Gasteiger partial charge in [0, 0.05) is 0 Å². The third kappa shape index (κ3) is 6.16. The summed E-state index contributed by atoms with van der Waals surface area (Å²) in [7, 11) is 0. The van der Waals surface area contributed by atoms with E-state index in [1.54, 1.807) is 0 Å². The standard InChI is InChI=1S/C28H36N2/c1-3-19-29(21-11-17-27-13-7-5-8-14-27)23-25-30(20-4-2,26-24-29)22-12-18-28-15-9-6-10-16-28/h3-18H,1-2,19-26H2/q+2/b17-11+,18-12+. The van der Waals surface area contributed by atoms with E-state index in [4.69, 9.17) is 0 Å². The molecule has 1 fully saturated rings. The Morgan fingerprint density at radius 3 is 1.27 bits per heavy atom. The Balaban J connectivity index is 1.64. The van der Waals surface area contributed by atoms with Crippen LogP contribution in [0.5, 0.6) is 0 Å². The maximum absolute atomic E-state index is 4.05. The molecule has 0 N–H and O–H groups in total. The van der Waals surface area contributed by atoms with Crippen LogP contribution in [-0.4, -0.2) is 61.3 Å². The molecule has 2 nitrogen and oxygen atoms in total. The number of nitrogens with zero attached hydrogens (tertiary/aromatic N) is 2. The summed E-state index contributed by atoms with van der Waals surface area (Å²) in [5.41, 5.74) is 2.54. The lowest BCUT2D eigenvalue weighted by Gasteiger charge is -2.48. The van der Waals surface area contributed by atoms with Gasteiger partial charge in [-0.2, -0.15) is 0 Å². The summed E-state index contributed by atoms with van der Waals surface area (Å²) in [6, 6.07) is 21.2. The second-order valence-electron chi connectivity index (χ2n) is 8.51. The molecule has 2 aromatic rings. The van der Waals surface area contributed by atoms with E-state index in [-0.39, 0.29) is 0 Å². The van der Waals surface area contributed by atoms with Crippen LogP contribution in [0.3, 0.4) is 0 Å². The molecule has 1 saturated heterocycles. The highest BCUT2D eigenvalue weighted by atomic mass is 15.5. The molecule has 0 spiro atoms. The fraction of sp³-hybridized carbons (Fsp3) is 0.286. The van der Waals surface area contributed by atoms with Crippen LogP contribution in [0.4, 0.5) is 0 Å². The number of hydrogen-bond donors (Lipinski definition) is 0. The van der Waals surface area contributed by atoms with Crippen molar-refractivity contribution in [3.05, 3.63) is 109 Å². The van der Waals surface area contributed by atoms with Crippen molar-refractivity contribution < 1.29 is 8.97 Å². The van der Waals surface area contributed by atoms with Crippen molar-refractivity contribution >= 4 is 12.2 Å². The average molecular weight is 401 g/mol. The maximum atomic E-state index is 4.05. The van der Waals surface area contributed by atoms with Crippen LogP contribution in [0.1, 0.15) is 11.1 Å². The van der Waals surface area contributed by atoms with E-state index in [0.29, 0.717) is 0 Å². The zero-order valence-electron chi connectivity index (χ0n) is 18.2. The van der Waals surface area contributed by atoms with Crippen LogP contribution in [0.15, 0.2) is 98.1 Å². The van der Waals surface area contributed by atoms with Gasteiger partial charge in [-0.05, 0) is 35.4 Å². The second kappa shape index (κ2) is 10.9. The molecule has 0 aliphatic carbocycles. The maximum Gasteiger partial charge on any atom is 0.129 e. The lowest BCUT2D eigenvalue weighted by molar-refractivity contribution is -1.02. The third-order valence-corrected chi connectivity index (χ3v) is 6.34. The minimum atomic E-state index is 1.03. The summed E-state index contributed by atoms with van der Waals surface area (Å²) in [5.74, 6) is 0. The summed E-state index contributed by atoms with van der Waals surface area (Å²) < 4.78 is 2.21. The minimum absolute atomic E-state index is 1.03. The zero-order chi connectivity index (χ0) is 21.1. The number of quaternary nitrogens is 2. The Kier molecular flexibility index (Phi) is 8.01. The molecule has 0 atom stereocenters. The van der Waals surface area contributed by atoms with Crippen molar-refractivity contribution in [1.82, 2.24) is 0 Å². The molecule has 0 amide bonds. The Bertz CT molecular complexity index is 767. The Morgan fingerprint density at radius 1 is 0.567 bits per heavy atom. The Morgan fingerprint density at radius 2 is 0.933 bits per heavy atom. The first-order valence-electron chi connectivity index (χ1n) is 11.0. The van der Waals surface area contributed by atoms with Gasteiger partial charge in [-0.15, -0.1) is 0 Å². The van der Waals surface area contributed by atoms with Gasteiger partial charge in [-0.1, -0.05) is 86.0 Å². The molecule has 0 radical (unpaired) electrons. The van der Waals surface area contributed by atoms with Gasteiger partial charge in [0.2, 0.25) is 0 Å². The molecule has 156 valence electrons. The first kappa shape index (κ1) is 22.0. The lowest BCUT2D eigenvalue weighted by atomic mass is 10.1. The fourth-order valence-corrected chi connectivity index (χ4v) is 4.45. The first-order chi connectivity index (χ1) is 14.7. The summed E-state index contributed by atoms with van der Waals surface area (Å²) in [5, 5.41) is 0. The highest BCUT2D eigenvalue weighted by Gasteiger charge is 2.39. The van der Waals surface area contributed by atoms with E-state index >= 15 is 0 Å². The molecule has 2 heteroatoms. The van der Waals surface area contributed by atoms with E-state index in [1.165, 1.54) is 37.3 Å². The van der Waals surface area contributed by atoms with E-state index in [0.717, 1.165) is 35.1 Å². The molecule has 0 bridgehead atoms. The smallest absolute Gasteiger partial charge is 0.129 e. The molecule has 0 unspecified atom stereocenters. The van der Waals surface area contributed by atoms with Crippen molar-refractivity contribution in [2.75, 3.05) is 52.4 Å². The first-order valence-corrected chi connectivity index (χ1v) is 11.0. The number of rotatable bonds is 10. The second-order valence-corrected chi connectivity index (χ2v) is 8.51. The van der Waals surface area contributed by atoms with Crippen molar-refractivity contribution in [3.63, 3.8) is 0 Å². The normalized spacial score (nSPS) is 24.3. The van der Waals surface area contributed by atoms with E-state index in [9.17, 15) is 0 Å². The molecular weight excluding hydrogens is 364 g/mol. The summed E-state index contributed by atoms with van der Waals surface area (Å²) in [4.78, 5) is 0. The highest BCUT2D eigenvalue weighted by Crippen LogP contribution is 2.21. The third-order valence-electron chi connectivity index (χ3n) is 6.34. The number of piperazine rings is 1. The van der Waals surface area contributed by atoms with Gasteiger partial charge in [-0.25, -0.2) is 0 Å². The van der Waals surface area contributed by atoms with Gasteiger partial charge >= 0.3 is 0 Å². The molecular formula is C28H36N2+2. The fourth-order valence-electron chi connectivity index (χ4n) is 4.45. The number of hydrogen-bond acceptors (Lipinski definition) is 0. The average Bonchev–Trinajstić information content (AvgIpc) is 2.78. The van der Waals surface area contributed by atoms with Crippen molar-refractivity contribution in [3.8, 4) is 0 Å². The molecule has 1 aliphatic rings. The molecule has 2 aromatic carbocycles. The predicted molar refractivity (Wildman–Crippen MR) is 131 cm³/mol. The van der Waals surface area contributed by atoms with Crippen LogP contribution < -0.4 is 0 Å². The van der Waals surface area contributed by atoms with Gasteiger partial charge in [0.1, 0.15) is 26.2 Å². The molecule has 0 aromatic heterocycles. The SMILES string of the molecule is C=CC[N+]1(C/C=C/c2ccccc2)CC[N+](CC=C)(C/C=C/c2ccccc2)CC1. The summed E-state index contributed by atoms with van der Waals surface area (Å²) in [6.07, 6.45) is 13.4. The van der Waals surface area contributed by atoms with Gasteiger partial charge < -0.3 is 8.97 Å². The van der Waals surface area contributed by atoms with Crippen LogP contribution >= 0.6 is 0 Å². The monoisotopic (exact) mass is 400 g/mol. The molecule has 1 heterocycles. The summed E-state index contributed by atoms with van der Waals surface area (Å²) in [6.45, 7) is 17.0. The molecule has 3 rings (SSSR count). The van der Waals surface area contributed by atoms with Crippen LogP contribution in [0.2, 0.25) is 0 Å². The van der Waals surface area contributed by atoms with Gasteiger partial charge in [0.15, 0.2) is 0 Å². The topological polar surface area (TPSA) is 0 Å². The van der Waals surface area contributed by atoms with Crippen LogP contribution in [-0.2, 0) is 0 Å². The Labute approximate surface area is 183 Å². The highest BCUT2D eigenvalue weighted by molar-refractivity contribution is 5.49. The van der Waals surface area contributed by atoms with E-state index in [2.05, 4.69) is 110 Å². The van der Waals surface area contributed by atoms with E-state index in [1.807, 2.05) is 0 Å². The van der Waals surface area contributed by atoms with Crippen molar-refractivity contribution in [2.24, 2.45) is 0 Å². The minimum Gasteiger partial charge on any atom is -0.308 e. The molecule has 1 aliphatic heterocycles. The Hall–Kier alpha value is -2.68. The quantitative estimate of drug-likeness (QED) is 0.368. The lowest BCUT2D eigenvalue weighted by Crippen LogP contribution is -2.67. The largest absolute Gasteiger partial charge is 0.308 e. The predicted octanol–water partition coefficient (Wildman–Crippen LogP) is 5.43. The van der Waals surface area contributed by atoms with Gasteiger partial charge in [0.25, 0.3) is 0 Å². The molecule has 0 saturated carbocycles. The van der Waals surface area contributed by atoms with Crippen molar-refractivity contribution in [2.45, 2.75) is 0 Å². The zero-order valence-corrected chi connectivity index (χ0v) is 18.2. The number of benzene rings is 2.